The van der Waals surface area contributed by atoms with Crippen LogP contribution in [0.3, 0.4) is 0 Å². The molecule has 3 nitrogen and oxygen atoms in total. The molecule has 1 N–H and O–H groups in total. The van der Waals surface area contributed by atoms with Crippen LogP contribution in [0.25, 0.3) is 0 Å². The molecule has 70 valence electrons. The maximum absolute atomic E-state index is 11.0. The summed E-state index contributed by atoms with van der Waals surface area (Å²) in [7, 11) is 0. The lowest BCUT2D eigenvalue weighted by Gasteiger charge is -2.14. The SMILES string of the molecule is CC1CC(NC(=O)CS)C(C)O1. The largest absolute Gasteiger partial charge is 0.373 e. The van der Waals surface area contributed by atoms with E-state index in [1.807, 2.05) is 13.8 Å². The Balaban J connectivity index is 2.37. The lowest BCUT2D eigenvalue weighted by molar-refractivity contribution is -0.119. The van der Waals surface area contributed by atoms with E-state index in [2.05, 4.69) is 17.9 Å². The third-order valence-electron chi connectivity index (χ3n) is 2.09. The Morgan fingerprint density at radius 3 is 2.75 bits per heavy atom. The predicted molar refractivity (Wildman–Crippen MR) is 50.4 cm³/mol. The third kappa shape index (κ3) is 2.38. The van der Waals surface area contributed by atoms with E-state index in [1.54, 1.807) is 0 Å². The quantitative estimate of drug-likeness (QED) is 0.624. The van der Waals surface area contributed by atoms with Crippen molar-refractivity contribution in [1.82, 2.24) is 5.32 Å². The second-order valence-corrected chi connectivity index (χ2v) is 3.54. The molecule has 3 atom stereocenters. The monoisotopic (exact) mass is 189 g/mol. The molecule has 0 aromatic carbocycles. The van der Waals surface area contributed by atoms with E-state index >= 15 is 0 Å². The molecule has 0 saturated carbocycles. The fourth-order valence-electron chi connectivity index (χ4n) is 1.49. The molecule has 1 amide bonds. The minimum Gasteiger partial charge on any atom is -0.373 e. The second kappa shape index (κ2) is 4.14. The molecule has 4 heteroatoms. The van der Waals surface area contributed by atoms with E-state index in [0.717, 1.165) is 6.42 Å². The van der Waals surface area contributed by atoms with Crippen LogP contribution in [0.4, 0.5) is 0 Å². The minimum absolute atomic E-state index is 0.0205. The molecule has 1 aliphatic heterocycles. The summed E-state index contributed by atoms with van der Waals surface area (Å²) < 4.78 is 5.48. The zero-order valence-corrected chi connectivity index (χ0v) is 8.30. The van der Waals surface area contributed by atoms with Crippen molar-refractivity contribution in [3.05, 3.63) is 0 Å². The first kappa shape index (κ1) is 9.86. The number of ether oxygens (including phenoxy) is 1. The maximum Gasteiger partial charge on any atom is 0.230 e. The molecule has 0 aromatic rings. The van der Waals surface area contributed by atoms with Gasteiger partial charge in [0.25, 0.3) is 0 Å². The van der Waals surface area contributed by atoms with Gasteiger partial charge in [0.15, 0.2) is 0 Å². The zero-order chi connectivity index (χ0) is 9.14. The smallest absolute Gasteiger partial charge is 0.230 e. The van der Waals surface area contributed by atoms with Crippen LogP contribution in [0.2, 0.25) is 0 Å². The summed E-state index contributed by atoms with van der Waals surface area (Å²) >= 11 is 3.89. The second-order valence-electron chi connectivity index (χ2n) is 3.22. The predicted octanol–water partition coefficient (Wildman–Crippen LogP) is 0.598. The van der Waals surface area contributed by atoms with Gasteiger partial charge < -0.3 is 10.1 Å². The topological polar surface area (TPSA) is 38.3 Å². The fraction of sp³-hybridized carbons (Fsp3) is 0.875. The van der Waals surface area contributed by atoms with Crippen LogP contribution in [-0.2, 0) is 9.53 Å². The van der Waals surface area contributed by atoms with Gasteiger partial charge in [-0.25, -0.2) is 0 Å². The number of amides is 1. The molecule has 3 unspecified atom stereocenters. The molecular formula is C8H15NO2S. The van der Waals surface area contributed by atoms with E-state index in [0.29, 0.717) is 0 Å². The van der Waals surface area contributed by atoms with Gasteiger partial charge in [-0.1, -0.05) is 0 Å². The van der Waals surface area contributed by atoms with Crippen molar-refractivity contribution in [2.24, 2.45) is 0 Å². The lowest BCUT2D eigenvalue weighted by Crippen LogP contribution is -2.39. The number of carbonyl (C=O) groups is 1. The van der Waals surface area contributed by atoms with Crippen LogP contribution in [0.15, 0.2) is 0 Å². The van der Waals surface area contributed by atoms with Crippen molar-refractivity contribution in [2.45, 2.75) is 38.5 Å². The average molecular weight is 189 g/mol. The maximum atomic E-state index is 11.0. The van der Waals surface area contributed by atoms with Gasteiger partial charge in [0.1, 0.15) is 0 Å². The first-order chi connectivity index (χ1) is 5.63. The van der Waals surface area contributed by atoms with Gasteiger partial charge in [-0.15, -0.1) is 0 Å². The van der Waals surface area contributed by atoms with Crippen molar-refractivity contribution in [1.29, 1.82) is 0 Å². The normalized spacial score (nSPS) is 35.1. The Bertz CT molecular complexity index is 174. The summed E-state index contributed by atoms with van der Waals surface area (Å²) in [6.45, 7) is 4.00. The molecule has 1 fully saturated rings. The van der Waals surface area contributed by atoms with Crippen molar-refractivity contribution in [2.75, 3.05) is 5.75 Å². The number of thiol groups is 1. The van der Waals surface area contributed by atoms with Gasteiger partial charge in [-0.3, -0.25) is 4.79 Å². The molecule has 0 radical (unpaired) electrons. The molecular weight excluding hydrogens is 174 g/mol. The molecule has 0 bridgehead atoms. The Kier molecular flexibility index (Phi) is 3.40. The van der Waals surface area contributed by atoms with E-state index in [4.69, 9.17) is 4.74 Å². The van der Waals surface area contributed by atoms with E-state index in [1.165, 1.54) is 0 Å². The van der Waals surface area contributed by atoms with Gasteiger partial charge in [-0.2, -0.15) is 12.6 Å². The van der Waals surface area contributed by atoms with Crippen LogP contribution in [0, 0.1) is 0 Å². The summed E-state index contributed by atoms with van der Waals surface area (Å²) in [5.74, 6) is 0.227. The Morgan fingerprint density at radius 2 is 2.33 bits per heavy atom. The van der Waals surface area contributed by atoms with Gasteiger partial charge in [-0.05, 0) is 20.3 Å². The number of hydrogen-bond donors (Lipinski definition) is 2. The summed E-state index contributed by atoms with van der Waals surface area (Å²) in [6, 6.07) is 0.166. The summed E-state index contributed by atoms with van der Waals surface area (Å²) in [5, 5.41) is 2.87. The van der Waals surface area contributed by atoms with Crippen LogP contribution < -0.4 is 5.32 Å². The first-order valence-electron chi connectivity index (χ1n) is 4.19. The minimum atomic E-state index is -0.0205. The number of carbonyl (C=O) groups excluding carboxylic acids is 1. The van der Waals surface area contributed by atoms with E-state index in [9.17, 15) is 4.79 Å². The molecule has 12 heavy (non-hydrogen) atoms. The van der Waals surface area contributed by atoms with Crippen LogP contribution in [-0.4, -0.2) is 29.9 Å². The van der Waals surface area contributed by atoms with E-state index < -0.39 is 0 Å². The molecule has 0 aromatic heterocycles. The highest BCUT2D eigenvalue weighted by molar-refractivity contribution is 7.81. The van der Waals surface area contributed by atoms with Crippen molar-refractivity contribution in [3.63, 3.8) is 0 Å². The number of rotatable bonds is 2. The van der Waals surface area contributed by atoms with Crippen LogP contribution in [0.5, 0.6) is 0 Å². The molecule has 0 aliphatic carbocycles. The van der Waals surface area contributed by atoms with Crippen LogP contribution >= 0.6 is 12.6 Å². The van der Waals surface area contributed by atoms with Gasteiger partial charge in [0, 0.05) is 0 Å². The first-order valence-corrected chi connectivity index (χ1v) is 4.82. The molecule has 0 spiro atoms. The highest BCUT2D eigenvalue weighted by Gasteiger charge is 2.30. The highest BCUT2D eigenvalue weighted by atomic mass is 32.1. The lowest BCUT2D eigenvalue weighted by atomic mass is 10.1. The average Bonchev–Trinajstić information content (AvgIpc) is 2.30. The van der Waals surface area contributed by atoms with Gasteiger partial charge >= 0.3 is 0 Å². The Labute approximate surface area is 78.3 Å². The van der Waals surface area contributed by atoms with Crippen LogP contribution in [0.1, 0.15) is 20.3 Å². The standard InChI is InChI=1S/C8H15NO2S/c1-5-3-7(6(2)11-5)9-8(10)4-12/h5-7,12H,3-4H2,1-2H3,(H,9,10). The summed E-state index contributed by atoms with van der Waals surface area (Å²) in [6.07, 6.45) is 1.29. The molecule has 1 saturated heterocycles. The highest BCUT2D eigenvalue weighted by Crippen LogP contribution is 2.19. The van der Waals surface area contributed by atoms with Crippen molar-refractivity contribution in [3.8, 4) is 0 Å². The fourth-order valence-corrected chi connectivity index (χ4v) is 1.59. The number of hydrogen-bond acceptors (Lipinski definition) is 3. The zero-order valence-electron chi connectivity index (χ0n) is 7.41. The molecule has 1 rings (SSSR count). The van der Waals surface area contributed by atoms with Gasteiger partial charge in [0.2, 0.25) is 5.91 Å². The molecule has 1 aliphatic rings. The van der Waals surface area contributed by atoms with Crippen molar-refractivity contribution < 1.29 is 9.53 Å². The van der Waals surface area contributed by atoms with Gasteiger partial charge in [0.05, 0.1) is 24.0 Å². The third-order valence-corrected chi connectivity index (χ3v) is 2.38. The van der Waals surface area contributed by atoms with E-state index in [-0.39, 0.29) is 29.9 Å². The summed E-state index contributed by atoms with van der Waals surface area (Å²) in [5.41, 5.74) is 0. The Hall–Kier alpha value is -0.220. The number of nitrogens with one attached hydrogen (secondary N) is 1. The molecule has 1 heterocycles. The van der Waals surface area contributed by atoms with Crippen molar-refractivity contribution >= 4 is 18.5 Å². The summed E-state index contributed by atoms with van der Waals surface area (Å²) in [4.78, 5) is 11.0. The Morgan fingerprint density at radius 1 is 1.67 bits per heavy atom.